The summed E-state index contributed by atoms with van der Waals surface area (Å²) in [4.78, 5) is 24.8. The molecule has 1 fully saturated rings. The van der Waals surface area contributed by atoms with Crippen LogP contribution in [0.4, 0.5) is 0 Å². The molecule has 1 heterocycles. The number of nitrogens with zero attached hydrogens (tertiary/aromatic N) is 1. The summed E-state index contributed by atoms with van der Waals surface area (Å²) in [5.41, 5.74) is 1.01. The molecule has 0 aliphatic carbocycles. The summed E-state index contributed by atoms with van der Waals surface area (Å²) < 4.78 is 10.5. The van der Waals surface area contributed by atoms with Gasteiger partial charge in [0.15, 0.2) is 0 Å². The Morgan fingerprint density at radius 3 is 2.74 bits per heavy atom. The molecule has 126 valence electrons. The van der Waals surface area contributed by atoms with E-state index < -0.39 is 12.0 Å². The molecule has 23 heavy (non-hydrogen) atoms. The predicted octanol–water partition coefficient (Wildman–Crippen LogP) is 2.10. The predicted molar refractivity (Wildman–Crippen MR) is 84.9 cm³/mol. The molecule has 6 nitrogen and oxygen atoms in total. The van der Waals surface area contributed by atoms with Gasteiger partial charge in [0.05, 0.1) is 14.2 Å². The third kappa shape index (κ3) is 4.15. The van der Waals surface area contributed by atoms with Gasteiger partial charge < -0.3 is 19.5 Å². The van der Waals surface area contributed by atoms with Crippen molar-refractivity contribution < 1.29 is 24.2 Å². The molecule has 1 atom stereocenters. The fourth-order valence-electron chi connectivity index (χ4n) is 2.95. The van der Waals surface area contributed by atoms with E-state index in [2.05, 4.69) is 0 Å². The van der Waals surface area contributed by atoms with Gasteiger partial charge in [-0.1, -0.05) is 6.07 Å². The van der Waals surface area contributed by atoms with Gasteiger partial charge in [-0.05, 0) is 37.3 Å². The fraction of sp³-hybridized carbons (Fsp3) is 0.529. The van der Waals surface area contributed by atoms with Gasteiger partial charge >= 0.3 is 5.97 Å². The molecular weight excluding hydrogens is 298 g/mol. The zero-order valence-corrected chi connectivity index (χ0v) is 13.6. The van der Waals surface area contributed by atoms with Crippen molar-refractivity contribution in [2.24, 2.45) is 0 Å². The van der Waals surface area contributed by atoms with Gasteiger partial charge in [0.1, 0.15) is 17.5 Å². The number of likely N-dealkylation sites (tertiary alicyclic amines) is 1. The smallest absolute Gasteiger partial charge is 0.326 e. The van der Waals surface area contributed by atoms with E-state index in [1.54, 1.807) is 14.2 Å². The molecule has 0 saturated carbocycles. The van der Waals surface area contributed by atoms with E-state index in [4.69, 9.17) is 14.6 Å². The molecule has 0 radical (unpaired) electrons. The summed E-state index contributed by atoms with van der Waals surface area (Å²) in [7, 11) is 3.20. The summed E-state index contributed by atoms with van der Waals surface area (Å²) in [6.45, 7) is 0.543. The number of aliphatic carboxylic acids is 1. The summed E-state index contributed by atoms with van der Waals surface area (Å²) >= 11 is 0. The minimum atomic E-state index is -0.910. The molecule has 0 aromatic heterocycles. The number of ether oxygens (including phenoxy) is 2. The van der Waals surface area contributed by atoms with Gasteiger partial charge in [0.2, 0.25) is 5.91 Å². The minimum Gasteiger partial charge on any atom is -0.497 e. The number of methoxy groups -OCH3 is 2. The Bertz CT molecular complexity index is 572. The van der Waals surface area contributed by atoms with Crippen LogP contribution >= 0.6 is 0 Å². The van der Waals surface area contributed by atoms with E-state index in [-0.39, 0.29) is 5.91 Å². The maximum absolute atomic E-state index is 12.2. The fourth-order valence-corrected chi connectivity index (χ4v) is 2.95. The second kappa shape index (κ2) is 7.85. The van der Waals surface area contributed by atoms with E-state index in [0.29, 0.717) is 32.2 Å². The molecule has 1 aliphatic rings. The number of carbonyl (C=O) groups is 2. The number of aryl methyl sites for hydroxylation is 1. The van der Waals surface area contributed by atoms with Gasteiger partial charge in [-0.25, -0.2) is 4.79 Å². The van der Waals surface area contributed by atoms with Crippen molar-refractivity contribution in [3.05, 3.63) is 23.8 Å². The number of carbonyl (C=O) groups excluding carboxylic acids is 1. The van der Waals surface area contributed by atoms with E-state index >= 15 is 0 Å². The Labute approximate surface area is 136 Å². The molecule has 6 heteroatoms. The van der Waals surface area contributed by atoms with Crippen LogP contribution in [0.2, 0.25) is 0 Å². The summed E-state index contributed by atoms with van der Waals surface area (Å²) in [5, 5.41) is 9.13. The highest BCUT2D eigenvalue weighted by atomic mass is 16.5. The topological polar surface area (TPSA) is 76.1 Å². The Balaban J connectivity index is 1.89. The van der Waals surface area contributed by atoms with E-state index in [0.717, 1.165) is 23.5 Å². The molecule has 1 aromatic rings. The van der Waals surface area contributed by atoms with Crippen LogP contribution in [-0.4, -0.2) is 48.7 Å². The quantitative estimate of drug-likeness (QED) is 0.832. The molecule has 1 aromatic carbocycles. The Kier molecular flexibility index (Phi) is 5.84. The number of hydrogen-bond donors (Lipinski definition) is 1. The van der Waals surface area contributed by atoms with Crippen LogP contribution in [0.15, 0.2) is 18.2 Å². The molecule has 0 spiro atoms. The lowest BCUT2D eigenvalue weighted by molar-refractivity contribution is -0.148. The van der Waals surface area contributed by atoms with E-state index in [1.165, 1.54) is 4.90 Å². The minimum absolute atomic E-state index is 0.0811. The van der Waals surface area contributed by atoms with Crippen molar-refractivity contribution in [3.8, 4) is 11.5 Å². The Morgan fingerprint density at radius 1 is 1.30 bits per heavy atom. The number of carboxylic acid groups (broad SMARTS) is 1. The first-order valence-corrected chi connectivity index (χ1v) is 7.80. The standard InChI is InChI=1S/C17H23NO5/c1-22-13-9-8-12(15(11-13)23-2)5-3-7-16(19)18-10-4-6-14(18)17(20)21/h8-9,11,14H,3-7,10H2,1-2H3,(H,20,21). The SMILES string of the molecule is COc1ccc(CCCC(=O)N2CCCC2C(=O)O)c(OC)c1. The van der Waals surface area contributed by atoms with Crippen molar-refractivity contribution >= 4 is 11.9 Å². The zero-order valence-electron chi connectivity index (χ0n) is 13.6. The first kappa shape index (κ1) is 17.1. The average molecular weight is 321 g/mol. The zero-order chi connectivity index (χ0) is 16.8. The summed E-state index contributed by atoms with van der Waals surface area (Å²) in [6, 6.07) is 4.95. The summed E-state index contributed by atoms with van der Waals surface area (Å²) in [6.07, 6.45) is 3.01. The van der Waals surface area contributed by atoms with Gasteiger partial charge in [-0.2, -0.15) is 0 Å². The molecule has 1 aliphatic heterocycles. The normalized spacial score (nSPS) is 17.1. The Hall–Kier alpha value is -2.24. The van der Waals surface area contributed by atoms with Crippen LogP contribution in [0.5, 0.6) is 11.5 Å². The number of rotatable bonds is 7. The molecule has 1 unspecified atom stereocenters. The van der Waals surface area contributed by atoms with Crippen molar-refractivity contribution in [2.75, 3.05) is 20.8 Å². The lowest BCUT2D eigenvalue weighted by Gasteiger charge is -2.21. The van der Waals surface area contributed by atoms with Crippen LogP contribution in [0.1, 0.15) is 31.2 Å². The molecular formula is C17H23NO5. The largest absolute Gasteiger partial charge is 0.497 e. The average Bonchev–Trinajstić information content (AvgIpc) is 3.05. The highest BCUT2D eigenvalue weighted by Gasteiger charge is 2.33. The van der Waals surface area contributed by atoms with Crippen molar-refractivity contribution in [1.82, 2.24) is 4.90 Å². The lowest BCUT2D eigenvalue weighted by Crippen LogP contribution is -2.40. The molecule has 1 N–H and O–H groups in total. The molecule has 1 amide bonds. The van der Waals surface area contributed by atoms with Crippen molar-refractivity contribution in [2.45, 2.75) is 38.1 Å². The maximum Gasteiger partial charge on any atom is 0.326 e. The van der Waals surface area contributed by atoms with Crippen molar-refractivity contribution in [3.63, 3.8) is 0 Å². The molecule has 1 saturated heterocycles. The number of amides is 1. The highest BCUT2D eigenvalue weighted by Crippen LogP contribution is 2.26. The van der Waals surface area contributed by atoms with Crippen molar-refractivity contribution in [1.29, 1.82) is 0 Å². The van der Waals surface area contributed by atoms with Crippen LogP contribution in [0, 0.1) is 0 Å². The van der Waals surface area contributed by atoms with Gasteiger partial charge in [-0.3, -0.25) is 4.79 Å². The van der Waals surface area contributed by atoms with Gasteiger partial charge in [0, 0.05) is 19.0 Å². The number of benzene rings is 1. The number of hydrogen-bond acceptors (Lipinski definition) is 4. The van der Waals surface area contributed by atoms with Crippen LogP contribution < -0.4 is 9.47 Å². The lowest BCUT2D eigenvalue weighted by atomic mass is 10.1. The first-order chi connectivity index (χ1) is 11.1. The first-order valence-electron chi connectivity index (χ1n) is 7.80. The maximum atomic E-state index is 12.2. The highest BCUT2D eigenvalue weighted by molar-refractivity contribution is 5.84. The third-order valence-corrected chi connectivity index (χ3v) is 4.19. The Morgan fingerprint density at radius 2 is 2.09 bits per heavy atom. The number of carboxylic acids is 1. The van der Waals surface area contributed by atoms with Crippen LogP contribution in [0.25, 0.3) is 0 Å². The second-order valence-corrected chi connectivity index (χ2v) is 5.61. The molecule has 0 bridgehead atoms. The van der Waals surface area contributed by atoms with E-state index in [1.807, 2.05) is 18.2 Å². The van der Waals surface area contributed by atoms with Gasteiger partial charge in [0.25, 0.3) is 0 Å². The van der Waals surface area contributed by atoms with E-state index in [9.17, 15) is 9.59 Å². The van der Waals surface area contributed by atoms with Crippen LogP contribution in [0.3, 0.4) is 0 Å². The second-order valence-electron chi connectivity index (χ2n) is 5.61. The summed E-state index contributed by atoms with van der Waals surface area (Å²) in [5.74, 6) is 0.472. The third-order valence-electron chi connectivity index (χ3n) is 4.19. The van der Waals surface area contributed by atoms with Gasteiger partial charge in [-0.15, -0.1) is 0 Å². The monoisotopic (exact) mass is 321 g/mol. The molecule has 2 rings (SSSR count). The van der Waals surface area contributed by atoms with Crippen LogP contribution in [-0.2, 0) is 16.0 Å².